The molecular formula is C33H32N2O5. The summed E-state index contributed by atoms with van der Waals surface area (Å²) < 4.78 is 27.5. The molecule has 2 fully saturated rings. The Hall–Kier alpha value is -4.33. The molecule has 2 aliphatic heterocycles. The average Bonchev–Trinajstić information content (AvgIpc) is 3.91. The molecule has 0 aromatic heterocycles. The smallest absolute Gasteiger partial charge is 0.162 e. The van der Waals surface area contributed by atoms with E-state index in [1.807, 2.05) is 48.7 Å². The number of hydrogen-bond acceptors (Lipinski definition) is 7. The Balaban J connectivity index is 1.05. The van der Waals surface area contributed by atoms with Crippen LogP contribution in [-0.4, -0.2) is 52.0 Å². The Bertz CT molecular complexity index is 1460. The summed E-state index contributed by atoms with van der Waals surface area (Å²) in [7, 11) is 1.63. The van der Waals surface area contributed by atoms with Gasteiger partial charge in [-0.1, -0.05) is 42.5 Å². The molecule has 0 spiro atoms. The lowest BCUT2D eigenvalue weighted by Crippen LogP contribution is -2.04. The summed E-state index contributed by atoms with van der Waals surface area (Å²) in [5, 5.41) is 3.49. The standard InChI is InChI=1S/C33H32N2O5/c1-36-33-17-26(12-13-32(33)40-22-31-21-39-31)34-18-24-10-8-23(9-11-24)14-25-4-2-5-27(15-25)35-28-6-3-7-29(16-28)37-19-30-20-38-30/h2-13,15-18,30-31,35H,14,19-22H2,1H3. The highest BCUT2D eigenvalue weighted by molar-refractivity contribution is 5.82. The second-order valence-corrected chi connectivity index (χ2v) is 9.90. The highest BCUT2D eigenvalue weighted by atomic mass is 16.6. The second-order valence-electron chi connectivity index (χ2n) is 9.90. The van der Waals surface area contributed by atoms with Gasteiger partial charge in [0.05, 0.1) is 26.0 Å². The van der Waals surface area contributed by atoms with Gasteiger partial charge >= 0.3 is 0 Å². The monoisotopic (exact) mass is 536 g/mol. The summed E-state index contributed by atoms with van der Waals surface area (Å²) >= 11 is 0. The number of benzene rings is 4. The minimum Gasteiger partial charge on any atom is -0.493 e. The SMILES string of the molecule is COc1cc(N=Cc2ccc(Cc3cccc(Nc4cccc(OCC5CO5)c4)c3)cc2)ccc1OCC1CO1. The van der Waals surface area contributed by atoms with Crippen LogP contribution >= 0.6 is 0 Å². The lowest BCUT2D eigenvalue weighted by Gasteiger charge is -2.11. The van der Waals surface area contributed by atoms with Crippen LogP contribution in [0.4, 0.5) is 17.1 Å². The molecule has 2 aliphatic rings. The fraction of sp³-hybridized carbons (Fsp3) is 0.242. The first-order valence-electron chi connectivity index (χ1n) is 13.5. The van der Waals surface area contributed by atoms with Crippen LogP contribution in [0.15, 0.2) is 96.0 Å². The van der Waals surface area contributed by atoms with E-state index in [0.717, 1.165) is 48.0 Å². The highest BCUT2D eigenvalue weighted by Crippen LogP contribution is 2.32. The van der Waals surface area contributed by atoms with Gasteiger partial charge < -0.3 is 29.0 Å². The zero-order valence-corrected chi connectivity index (χ0v) is 22.4. The molecule has 6 rings (SSSR count). The van der Waals surface area contributed by atoms with Gasteiger partial charge in [0, 0.05) is 29.7 Å². The van der Waals surface area contributed by atoms with E-state index in [1.54, 1.807) is 7.11 Å². The zero-order valence-electron chi connectivity index (χ0n) is 22.4. The van der Waals surface area contributed by atoms with Crippen LogP contribution in [0.1, 0.15) is 16.7 Å². The fourth-order valence-corrected chi connectivity index (χ4v) is 4.25. The Labute approximate surface area is 234 Å². The number of nitrogens with zero attached hydrogens (tertiary/aromatic N) is 1. The molecule has 40 heavy (non-hydrogen) atoms. The molecule has 204 valence electrons. The van der Waals surface area contributed by atoms with Crippen molar-refractivity contribution in [1.29, 1.82) is 0 Å². The molecule has 0 saturated carbocycles. The average molecular weight is 537 g/mol. The fourth-order valence-electron chi connectivity index (χ4n) is 4.25. The highest BCUT2D eigenvalue weighted by Gasteiger charge is 2.24. The molecule has 0 amide bonds. The first-order chi connectivity index (χ1) is 19.7. The van der Waals surface area contributed by atoms with Gasteiger partial charge in [0.1, 0.15) is 31.2 Å². The van der Waals surface area contributed by atoms with Crippen molar-refractivity contribution < 1.29 is 23.7 Å². The maximum absolute atomic E-state index is 5.81. The Morgan fingerprint density at radius 3 is 2.25 bits per heavy atom. The Morgan fingerprint density at radius 1 is 0.775 bits per heavy atom. The first-order valence-corrected chi connectivity index (χ1v) is 13.5. The summed E-state index contributed by atoms with van der Waals surface area (Å²) in [5.41, 5.74) is 6.32. The van der Waals surface area contributed by atoms with E-state index in [9.17, 15) is 0 Å². The molecule has 0 radical (unpaired) electrons. The van der Waals surface area contributed by atoms with Crippen LogP contribution in [0.25, 0.3) is 0 Å². The number of hydrogen-bond donors (Lipinski definition) is 1. The van der Waals surface area contributed by atoms with Gasteiger partial charge in [-0.15, -0.1) is 0 Å². The van der Waals surface area contributed by atoms with Crippen LogP contribution in [-0.2, 0) is 15.9 Å². The predicted molar refractivity (Wildman–Crippen MR) is 156 cm³/mol. The van der Waals surface area contributed by atoms with Crippen LogP contribution in [0.2, 0.25) is 0 Å². The molecule has 2 unspecified atom stereocenters. The summed E-state index contributed by atoms with van der Waals surface area (Å²) in [6.07, 6.45) is 3.13. The van der Waals surface area contributed by atoms with Gasteiger partial charge in [0.15, 0.2) is 11.5 Å². The van der Waals surface area contributed by atoms with Crippen LogP contribution in [0.5, 0.6) is 17.2 Å². The lowest BCUT2D eigenvalue weighted by molar-refractivity contribution is 0.252. The third kappa shape index (κ3) is 7.40. The third-order valence-corrected chi connectivity index (χ3v) is 6.61. The third-order valence-electron chi connectivity index (χ3n) is 6.61. The summed E-state index contributed by atoms with van der Waals surface area (Å²) in [4.78, 5) is 4.62. The molecule has 2 heterocycles. The molecular weight excluding hydrogens is 504 g/mol. The van der Waals surface area contributed by atoms with Crippen molar-refractivity contribution in [2.75, 3.05) is 38.9 Å². The molecule has 2 atom stereocenters. The van der Waals surface area contributed by atoms with E-state index >= 15 is 0 Å². The van der Waals surface area contributed by atoms with Crippen molar-refractivity contribution in [3.63, 3.8) is 0 Å². The maximum atomic E-state index is 5.81. The minimum atomic E-state index is 0.196. The van der Waals surface area contributed by atoms with Crippen molar-refractivity contribution in [2.24, 2.45) is 4.99 Å². The summed E-state index contributed by atoms with van der Waals surface area (Å²) in [5.74, 6) is 2.19. The number of epoxide rings is 2. The van der Waals surface area contributed by atoms with Crippen molar-refractivity contribution >= 4 is 23.3 Å². The van der Waals surface area contributed by atoms with Crippen molar-refractivity contribution in [2.45, 2.75) is 18.6 Å². The van der Waals surface area contributed by atoms with E-state index in [0.29, 0.717) is 24.7 Å². The van der Waals surface area contributed by atoms with Gasteiger partial charge in [0.2, 0.25) is 0 Å². The number of rotatable bonds is 13. The number of methoxy groups -OCH3 is 1. The molecule has 2 saturated heterocycles. The zero-order chi connectivity index (χ0) is 27.1. The van der Waals surface area contributed by atoms with Gasteiger partial charge in [-0.25, -0.2) is 0 Å². The van der Waals surface area contributed by atoms with Crippen molar-refractivity contribution in [3.05, 3.63) is 108 Å². The van der Waals surface area contributed by atoms with E-state index in [4.69, 9.17) is 23.7 Å². The topological polar surface area (TPSA) is 77.1 Å². The molecule has 0 aliphatic carbocycles. The largest absolute Gasteiger partial charge is 0.493 e. The van der Waals surface area contributed by atoms with E-state index < -0.39 is 0 Å². The first kappa shape index (κ1) is 25.9. The van der Waals surface area contributed by atoms with Crippen molar-refractivity contribution in [3.8, 4) is 17.2 Å². The van der Waals surface area contributed by atoms with Gasteiger partial charge in [0.25, 0.3) is 0 Å². The van der Waals surface area contributed by atoms with Crippen molar-refractivity contribution in [1.82, 2.24) is 0 Å². The normalized spacial score (nSPS) is 17.4. The van der Waals surface area contributed by atoms with E-state index in [1.165, 1.54) is 11.1 Å². The number of aliphatic imine (C=N–C) groups is 1. The van der Waals surface area contributed by atoms with Crippen LogP contribution < -0.4 is 19.5 Å². The van der Waals surface area contributed by atoms with Gasteiger partial charge in [-0.05, 0) is 59.5 Å². The minimum absolute atomic E-state index is 0.196. The van der Waals surface area contributed by atoms with Crippen LogP contribution in [0.3, 0.4) is 0 Å². The van der Waals surface area contributed by atoms with Gasteiger partial charge in [-0.2, -0.15) is 0 Å². The number of anilines is 2. The molecule has 1 N–H and O–H groups in total. The Morgan fingerprint density at radius 2 is 1.50 bits per heavy atom. The van der Waals surface area contributed by atoms with E-state index in [-0.39, 0.29) is 12.2 Å². The quantitative estimate of drug-likeness (QED) is 0.159. The maximum Gasteiger partial charge on any atom is 0.162 e. The summed E-state index contributed by atoms with van der Waals surface area (Å²) in [6.45, 7) is 2.68. The summed E-state index contributed by atoms with van der Waals surface area (Å²) in [6, 6.07) is 30.6. The van der Waals surface area contributed by atoms with Gasteiger partial charge in [-0.3, -0.25) is 4.99 Å². The molecule has 7 heteroatoms. The molecule has 7 nitrogen and oxygen atoms in total. The predicted octanol–water partition coefficient (Wildman–Crippen LogP) is 6.34. The van der Waals surface area contributed by atoms with E-state index in [2.05, 4.69) is 58.8 Å². The molecule has 4 aromatic carbocycles. The molecule has 4 aromatic rings. The molecule has 0 bridgehead atoms. The number of ether oxygens (including phenoxy) is 5. The number of nitrogens with one attached hydrogen (secondary N) is 1. The Kier molecular flexibility index (Phi) is 7.93. The lowest BCUT2D eigenvalue weighted by atomic mass is 10.0. The van der Waals surface area contributed by atoms with Crippen LogP contribution in [0, 0.1) is 0 Å². The second kappa shape index (κ2) is 12.2.